The third kappa shape index (κ3) is 6.86. The summed E-state index contributed by atoms with van der Waals surface area (Å²) in [6.45, 7) is 1.32. The van der Waals surface area contributed by atoms with Crippen molar-refractivity contribution in [2.75, 3.05) is 0 Å². The van der Waals surface area contributed by atoms with E-state index in [1.54, 1.807) is 18.2 Å². The molecule has 7 heteroatoms. The van der Waals surface area contributed by atoms with Crippen LogP contribution in [0.25, 0.3) is 0 Å². The van der Waals surface area contributed by atoms with Crippen LogP contribution in [0.1, 0.15) is 18.1 Å². The van der Waals surface area contributed by atoms with Gasteiger partial charge >= 0.3 is 5.97 Å². The summed E-state index contributed by atoms with van der Waals surface area (Å²) < 4.78 is 0.829. The standard InChI is InChI=1S/C20H21BrN2O4/c1-13(24)22-17(11-14-6-3-2-4-7-14)19(25)23-18(20(26)27)12-15-8-5-9-16(21)10-15/h2-10,17-18H,11-12H2,1H3,(H,22,24)(H,23,25)(H,26,27)/t17-,18+/m0/s1. The van der Waals surface area contributed by atoms with Gasteiger partial charge < -0.3 is 15.7 Å². The zero-order chi connectivity index (χ0) is 19.8. The second-order valence-electron chi connectivity index (χ2n) is 6.18. The molecule has 0 saturated heterocycles. The molecule has 142 valence electrons. The maximum atomic E-state index is 12.7. The smallest absolute Gasteiger partial charge is 0.326 e. The molecule has 27 heavy (non-hydrogen) atoms. The van der Waals surface area contributed by atoms with Crippen molar-refractivity contribution in [3.63, 3.8) is 0 Å². The highest BCUT2D eigenvalue weighted by molar-refractivity contribution is 9.10. The average Bonchev–Trinajstić information content (AvgIpc) is 2.61. The van der Waals surface area contributed by atoms with E-state index in [1.165, 1.54) is 6.92 Å². The number of amides is 2. The molecule has 0 aliphatic heterocycles. The number of nitrogens with one attached hydrogen (secondary N) is 2. The zero-order valence-electron chi connectivity index (χ0n) is 14.8. The Bertz CT molecular complexity index is 811. The summed E-state index contributed by atoms with van der Waals surface area (Å²) in [5.41, 5.74) is 1.64. The fraction of sp³-hybridized carbons (Fsp3) is 0.250. The van der Waals surface area contributed by atoms with Gasteiger partial charge in [-0.3, -0.25) is 9.59 Å². The Labute approximate surface area is 166 Å². The van der Waals surface area contributed by atoms with Crippen LogP contribution in [0.2, 0.25) is 0 Å². The van der Waals surface area contributed by atoms with Gasteiger partial charge in [-0.2, -0.15) is 0 Å². The molecule has 2 aromatic rings. The van der Waals surface area contributed by atoms with Crippen molar-refractivity contribution in [3.05, 3.63) is 70.2 Å². The lowest BCUT2D eigenvalue weighted by Gasteiger charge is -2.21. The molecule has 2 aromatic carbocycles. The molecule has 0 heterocycles. The summed E-state index contributed by atoms with van der Waals surface area (Å²) in [7, 11) is 0. The number of carboxylic acid groups (broad SMARTS) is 1. The number of carbonyl (C=O) groups excluding carboxylic acids is 2. The van der Waals surface area contributed by atoms with Gasteiger partial charge in [0.15, 0.2) is 0 Å². The number of halogens is 1. The van der Waals surface area contributed by atoms with Gasteiger partial charge in [-0.1, -0.05) is 58.4 Å². The molecule has 2 atom stereocenters. The van der Waals surface area contributed by atoms with Gasteiger partial charge in [-0.15, -0.1) is 0 Å². The number of hydrogen-bond acceptors (Lipinski definition) is 3. The first-order chi connectivity index (χ1) is 12.8. The minimum absolute atomic E-state index is 0.138. The molecule has 0 bridgehead atoms. The molecule has 0 unspecified atom stereocenters. The highest BCUT2D eigenvalue weighted by atomic mass is 79.9. The van der Waals surface area contributed by atoms with Crippen molar-refractivity contribution in [3.8, 4) is 0 Å². The summed E-state index contributed by atoms with van der Waals surface area (Å²) >= 11 is 3.35. The van der Waals surface area contributed by atoms with Crippen LogP contribution in [0.4, 0.5) is 0 Å². The second-order valence-corrected chi connectivity index (χ2v) is 7.09. The van der Waals surface area contributed by atoms with Gasteiger partial charge in [0.1, 0.15) is 12.1 Å². The number of aliphatic carboxylic acids is 1. The van der Waals surface area contributed by atoms with E-state index in [9.17, 15) is 19.5 Å². The molecule has 0 fully saturated rings. The molecule has 0 spiro atoms. The SMILES string of the molecule is CC(=O)N[C@@H](Cc1ccccc1)C(=O)N[C@H](Cc1cccc(Br)c1)C(=O)O. The largest absolute Gasteiger partial charge is 0.480 e. The van der Waals surface area contributed by atoms with E-state index in [-0.39, 0.29) is 18.7 Å². The second kappa shape index (κ2) is 9.87. The van der Waals surface area contributed by atoms with Gasteiger partial charge in [-0.05, 0) is 23.3 Å². The fourth-order valence-corrected chi connectivity index (χ4v) is 3.12. The normalized spacial score (nSPS) is 12.7. The molecule has 2 rings (SSSR count). The maximum absolute atomic E-state index is 12.7. The van der Waals surface area contributed by atoms with Crippen LogP contribution in [0.5, 0.6) is 0 Å². The molecule has 0 aliphatic rings. The Balaban J connectivity index is 2.11. The van der Waals surface area contributed by atoms with Crippen LogP contribution in [0, 0.1) is 0 Å². The van der Waals surface area contributed by atoms with Crippen LogP contribution in [-0.4, -0.2) is 35.0 Å². The maximum Gasteiger partial charge on any atom is 0.326 e. The van der Waals surface area contributed by atoms with Crippen molar-refractivity contribution in [2.24, 2.45) is 0 Å². The van der Waals surface area contributed by atoms with Gasteiger partial charge in [0.25, 0.3) is 0 Å². The summed E-state index contributed by atoms with van der Waals surface area (Å²) in [4.78, 5) is 35.8. The third-order valence-electron chi connectivity index (χ3n) is 3.92. The van der Waals surface area contributed by atoms with E-state index >= 15 is 0 Å². The first kappa shape index (κ1) is 20.6. The highest BCUT2D eigenvalue weighted by Gasteiger charge is 2.26. The minimum atomic E-state index is -1.13. The monoisotopic (exact) mass is 432 g/mol. The summed E-state index contributed by atoms with van der Waals surface area (Å²) in [5, 5.41) is 14.6. The lowest BCUT2D eigenvalue weighted by Crippen LogP contribution is -2.52. The number of hydrogen-bond donors (Lipinski definition) is 3. The lowest BCUT2D eigenvalue weighted by molar-refractivity contribution is -0.142. The van der Waals surface area contributed by atoms with E-state index in [0.29, 0.717) is 0 Å². The lowest BCUT2D eigenvalue weighted by atomic mass is 10.0. The van der Waals surface area contributed by atoms with Crippen molar-refractivity contribution in [2.45, 2.75) is 31.8 Å². The van der Waals surface area contributed by atoms with Gasteiger partial charge in [-0.25, -0.2) is 4.79 Å². The van der Waals surface area contributed by atoms with Crippen molar-refractivity contribution < 1.29 is 19.5 Å². The third-order valence-corrected chi connectivity index (χ3v) is 4.41. The predicted molar refractivity (Wildman–Crippen MR) is 105 cm³/mol. The number of carboxylic acids is 1. The molecule has 0 radical (unpaired) electrons. The quantitative estimate of drug-likeness (QED) is 0.596. The summed E-state index contributed by atoms with van der Waals surface area (Å²) in [6.07, 6.45) is 0.411. The van der Waals surface area contributed by atoms with E-state index in [4.69, 9.17) is 0 Å². The molecule has 0 saturated carbocycles. The van der Waals surface area contributed by atoms with Gasteiger partial charge in [0.2, 0.25) is 11.8 Å². The molecule has 3 N–H and O–H groups in total. The van der Waals surface area contributed by atoms with Gasteiger partial charge in [0, 0.05) is 24.2 Å². The molecule has 0 aliphatic carbocycles. The van der Waals surface area contributed by atoms with Gasteiger partial charge in [0.05, 0.1) is 0 Å². The molecule has 6 nitrogen and oxygen atoms in total. The summed E-state index contributed by atoms with van der Waals surface area (Å²) in [6, 6.07) is 14.5. The van der Waals surface area contributed by atoms with Crippen LogP contribution < -0.4 is 10.6 Å². The fourth-order valence-electron chi connectivity index (χ4n) is 2.68. The molecule has 0 aromatic heterocycles. The predicted octanol–water partition coefficient (Wildman–Crippen LogP) is 2.31. The Morgan fingerprint density at radius 2 is 1.56 bits per heavy atom. The van der Waals surface area contributed by atoms with Crippen molar-refractivity contribution in [1.29, 1.82) is 0 Å². The number of benzene rings is 2. The van der Waals surface area contributed by atoms with E-state index < -0.39 is 24.0 Å². The average molecular weight is 433 g/mol. The Morgan fingerprint density at radius 1 is 0.926 bits per heavy atom. The Hall–Kier alpha value is -2.67. The molecular weight excluding hydrogens is 412 g/mol. The van der Waals surface area contributed by atoms with Crippen LogP contribution >= 0.6 is 15.9 Å². The van der Waals surface area contributed by atoms with E-state index in [1.807, 2.05) is 36.4 Å². The first-order valence-electron chi connectivity index (χ1n) is 8.44. The summed E-state index contributed by atoms with van der Waals surface area (Å²) in [5.74, 6) is -2.02. The van der Waals surface area contributed by atoms with E-state index in [2.05, 4.69) is 26.6 Å². The number of carbonyl (C=O) groups is 3. The molecule has 2 amide bonds. The zero-order valence-corrected chi connectivity index (χ0v) is 16.4. The Morgan fingerprint density at radius 3 is 2.15 bits per heavy atom. The molecular formula is C20H21BrN2O4. The van der Waals surface area contributed by atoms with Crippen LogP contribution in [0.15, 0.2) is 59.1 Å². The highest BCUT2D eigenvalue weighted by Crippen LogP contribution is 2.13. The van der Waals surface area contributed by atoms with Crippen LogP contribution in [0.3, 0.4) is 0 Å². The van der Waals surface area contributed by atoms with Crippen LogP contribution in [-0.2, 0) is 27.2 Å². The first-order valence-corrected chi connectivity index (χ1v) is 9.23. The van der Waals surface area contributed by atoms with Crippen molar-refractivity contribution in [1.82, 2.24) is 10.6 Å². The number of rotatable bonds is 8. The topological polar surface area (TPSA) is 95.5 Å². The van der Waals surface area contributed by atoms with E-state index in [0.717, 1.165) is 15.6 Å². The van der Waals surface area contributed by atoms with Crippen molar-refractivity contribution >= 4 is 33.7 Å². The Kier molecular flexibility index (Phi) is 7.55. The minimum Gasteiger partial charge on any atom is -0.480 e.